The highest BCUT2D eigenvalue weighted by Gasteiger charge is 2.23. The molecule has 1 atom stereocenters. The second kappa shape index (κ2) is 7.66. The van der Waals surface area contributed by atoms with E-state index in [0.717, 1.165) is 17.1 Å². The zero-order valence-corrected chi connectivity index (χ0v) is 14.1. The summed E-state index contributed by atoms with van der Waals surface area (Å²) < 4.78 is 12.9. The number of halogens is 1. The Labute approximate surface area is 139 Å². The molecule has 0 saturated carbocycles. The Hall–Kier alpha value is -1.79. The highest BCUT2D eigenvalue weighted by molar-refractivity contribution is 7.09. The van der Waals surface area contributed by atoms with Crippen molar-refractivity contribution in [2.45, 2.75) is 38.7 Å². The topological polar surface area (TPSA) is 62.2 Å². The van der Waals surface area contributed by atoms with E-state index in [0.29, 0.717) is 18.4 Å². The van der Waals surface area contributed by atoms with E-state index in [2.05, 4.69) is 10.3 Å². The maximum atomic E-state index is 12.9. The zero-order valence-electron chi connectivity index (χ0n) is 13.3. The number of thiazole rings is 1. The number of nitrogens with one attached hydrogen (secondary N) is 1. The van der Waals surface area contributed by atoms with Gasteiger partial charge in [-0.15, -0.1) is 11.3 Å². The van der Waals surface area contributed by atoms with Crippen LogP contribution in [0, 0.1) is 12.7 Å². The lowest BCUT2D eigenvalue weighted by Crippen LogP contribution is -2.38. The van der Waals surface area contributed by atoms with Crippen LogP contribution >= 0.6 is 11.3 Å². The number of benzene rings is 1. The van der Waals surface area contributed by atoms with Crippen LogP contribution < -0.4 is 5.32 Å². The molecule has 4 nitrogen and oxygen atoms in total. The van der Waals surface area contributed by atoms with Crippen LogP contribution in [-0.2, 0) is 16.8 Å². The highest BCUT2D eigenvalue weighted by atomic mass is 32.1. The van der Waals surface area contributed by atoms with Crippen LogP contribution in [0.5, 0.6) is 0 Å². The smallest absolute Gasteiger partial charge is 0.220 e. The van der Waals surface area contributed by atoms with Crippen molar-refractivity contribution in [3.05, 3.63) is 51.7 Å². The number of aryl methyl sites for hydroxylation is 2. The molecule has 0 spiro atoms. The molecule has 1 amide bonds. The molecule has 2 rings (SSSR count). The second-order valence-corrected chi connectivity index (χ2v) is 6.83. The first-order valence-corrected chi connectivity index (χ1v) is 8.41. The van der Waals surface area contributed by atoms with Gasteiger partial charge < -0.3 is 10.4 Å². The summed E-state index contributed by atoms with van der Waals surface area (Å²) in [5.74, 6) is -0.467. The average Bonchev–Trinajstić information content (AvgIpc) is 2.91. The van der Waals surface area contributed by atoms with Gasteiger partial charge in [-0.1, -0.05) is 12.1 Å². The molecule has 1 heterocycles. The minimum atomic E-state index is -1.23. The molecule has 1 aromatic heterocycles. The third-order valence-electron chi connectivity index (χ3n) is 3.60. The summed E-state index contributed by atoms with van der Waals surface area (Å²) >= 11 is 1.60. The van der Waals surface area contributed by atoms with Gasteiger partial charge in [0.2, 0.25) is 5.91 Å². The van der Waals surface area contributed by atoms with Crippen molar-refractivity contribution >= 4 is 17.2 Å². The lowest BCUT2D eigenvalue weighted by atomic mass is 9.96. The van der Waals surface area contributed by atoms with E-state index >= 15 is 0 Å². The SMILES string of the molecule is Cc1nc(CCCC(=O)NCC(C)(O)c2ccc(F)cc2)cs1. The van der Waals surface area contributed by atoms with Crippen LogP contribution in [0.2, 0.25) is 0 Å². The normalized spacial score (nSPS) is 13.6. The first-order chi connectivity index (χ1) is 10.9. The van der Waals surface area contributed by atoms with Crippen molar-refractivity contribution in [3.8, 4) is 0 Å². The van der Waals surface area contributed by atoms with Crippen molar-refractivity contribution in [2.75, 3.05) is 6.54 Å². The van der Waals surface area contributed by atoms with Crippen molar-refractivity contribution in [1.29, 1.82) is 0 Å². The average molecular weight is 336 g/mol. The van der Waals surface area contributed by atoms with Crippen molar-refractivity contribution in [2.24, 2.45) is 0 Å². The summed E-state index contributed by atoms with van der Waals surface area (Å²) in [6.45, 7) is 3.64. The van der Waals surface area contributed by atoms with Crippen molar-refractivity contribution < 1.29 is 14.3 Å². The molecule has 0 bridgehead atoms. The third kappa shape index (κ3) is 5.41. The molecule has 1 aromatic carbocycles. The fraction of sp³-hybridized carbons (Fsp3) is 0.412. The first kappa shape index (κ1) is 17.6. The van der Waals surface area contributed by atoms with E-state index in [1.807, 2.05) is 12.3 Å². The minimum absolute atomic E-state index is 0.0906. The monoisotopic (exact) mass is 336 g/mol. The number of nitrogens with zero attached hydrogens (tertiary/aromatic N) is 1. The number of rotatable bonds is 7. The maximum Gasteiger partial charge on any atom is 0.220 e. The van der Waals surface area contributed by atoms with E-state index < -0.39 is 5.60 Å². The number of carbonyl (C=O) groups excluding carboxylic acids is 1. The Morgan fingerprint density at radius 2 is 2.09 bits per heavy atom. The van der Waals surface area contributed by atoms with Gasteiger partial charge in [0.05, 0.1) is 17.2 Å². The molecule has 0 radical (unpaired) electrons. The number of aliphatic hydroxyl groups is 1. The van der Waals surface area contributed by atoms with Gasteiger partial charge in [-0.05, 0) is 44.4 Å². The number of hydrogen-bond acceptors (Lipinski definition) is 4. The fourth-order valence-corrected chi connectivity index (χ4v) is 2.87. The van der Waals surface area contributed by atoms with Crippen molar-refractivity contribution in [1.82, 2.24) is 10.3 Å². The van der Waals surface area contributed by atoms with E-state index in [9.17, 15) is 14.3 Å². The molecule has 1 unspecified atom stereocenters. The Bertz CT molecular complexity index is 653. The number of carbonyl (C=O) groups is 1. The Morgan fingerprint density at radius 1 is 1.39 bits per heavy atom. The van der Waals surface area contributed by atoms with Gasteiger partial charge >= 0.3 is 0 Å². The molecule has 0 aliphatic rings. The molecule has 0 aliphatic heterocycles. The van der Waals surface area contributed by atoms with E-state index in [-0.39, 0.29) is 18.3 Å². The van der Waals surface area contributed by atoms with Crippen molar-refractivity contribution in [3.63, 3.8) is 0 Å². The van der Waals surface area contributed by atoms with Crippen LogP contribution in [0.25, 0.3) is 0 Å². The fourth-order valence-electron chi connectivity index (χ4n) is 2.22. The first-order valence-electron chi connectivity index (χ1n) is 7.53. The van der Waals surface area contributed by atoms with Gasteiger partial charge in [0.15, 0.2) is 0 Å². The number of hydrogen-bond donors (Lipinski definition) is 2. The van der Waals surface area contributed by atoms with Crippen LogP contribution in [0.4, 0.5) is 4.39 Å². The van der Waals surface area contributed by atoms with Crippen LogP contribution in [0.3, 0.4) is 0 Å². The van der Waals surface area contributed by atoms with Gasteiger partial charge in [0.1, 0.15) is 11.4 Å². The molecule has 2 N–H and O–H groups in total. The Balaban J connectivity index is 1.75. The van der Waals surface area contributed by atoms with Gasteiger partial charge in [-0.3, -0.25) is 4.79 Å². The zero-order chi connectivity index (χ0) is 16.9. The third-order valence-corrected chi connectivity index (χ3v) is 4.42. The van der Waals surface area contributed by atoms with Crippen LogP contribution in [-0.4, -0.2) is 22.5 Å². The van der Waals surface area contributed by atoms with Crippen LogP contribution in [0.15, 0.2) is 29.6 Å². The largest absolute Gasteiger partial charge is 0.384 e. The minimum Gasteiger partial charge on any atom is -0.384 e. The summed E-state index contributed by atoms with van der Waals surface area (Å²) in [7, 11) is 0. The summed E-state index contributed by atoms with van der Waals surface area (Å²) in [6, 6.07) is 5.63. The summed E-state index contributed by atoms with van der Waals surface area (Å²) in [6.07, 6.45) is 1.87. The quantitative estimate of drug-likeness (QED) is 0.817. The van der Waals surface area contributed by atoms with E-state index in [1.54, 1.807) is 18.3 Å². The molecule has 124 valence electrons. The maximum absolute atomic E-state index is 12.9. The van der Waals surface area contributed by atoms with Crippen LogP contribution in [0.1, 0.15) is 36.0 Å². The lowest BCUT2D eigenvalue weighted by molar-refractivity contribution is -0.122. The predicted octanol–water partition coefficient (Wildman–Crippen LogP) is 2.94. The molecular weight excluding hydrogens is 315 g/mol. The molecule has 6 heteroatoms. The Morgan fingerprint density at radius 3 is 2.70 bits per heavy atom. The summed E-state index contributed by atoms with van der Waals surface area (Å²) in [5, 5.41) is 16.1. The number of amides is 1. The van der Waals surface area contributed by atoms with E-state index in [1.165, 1.54) is 24.3 Å². The standard InChI is InChI=1S/C17H21FN2O2S/c1-12-20-15(10-23-12)4-3-5-16(21)19-11-17(2,22)13-6-8-14(18)9-7-13/h6-10,22H,3-5,11H2,1-2H3,(H,19,21). The van der Waals surface area contributed by atoms with E-state index in [4.69, 9.17) is 0 Å². The lowest BCUT2D eigenvalue weighted by Gasteiger charge is -2.24. The summed E-state index contributed by atoms with van der Waals surface area (Å²) in [5.41, 5.74) is 0.353. The molecule has 0 fully saturated rings. The van der Waals surface area contributed by atoms with Gasteiger partial charge in [0, 0.05) is 11.8 Å². The molecular formula is C17H21FN2O2S. The molecule has 0 saturated heterocycles. The molecule has 0 aliphatic carbocycles. The second-order valence-electron chi connectivity index (χ2n) is 5.77. The summed E-state index contributed by atoms with van der Waals surface area (Å²) in [4.78, 5) is 16.2. The van der Waals surface area contributed by atoms with Gasteiger partial charge in [-0.2, -0.15) is 0 Å². The predicted molar refractivity (Wildman–Crippen MR) is 88.8 cm³/mol. The number of aromatic nitrogens is 1. The highest BCUT2D eigenvalue weighted by Crippen LogP contribution is 2.20. The Kier molecular flexibility index (Phi) is 5.85. The molecule has 23 heavy (non-hydrogen) atoms. The van der Waals surface area contributed by atoms with Gasteiger partial charge in [-0.25, -0.2) is 9.37 Å². The molecule has 2 aromatic rings. The van der Waals surface area contributed by atoms with Gasteiger partial charge in [0.25, 0.3) is 0 Å².